The van der Waals surface area contributed by atoms with Crippen molar-refractivity contribution < 1.29 is 9.47 Å². The van der Waals surface area contributed by atoms with Crippen molar-refractivity contribution in [2.45, 2.75) is 18.6 Å². The second-order valence-electron chi connectivity index (χ2n) is 6.68. The Kier molecular flexibility index (Phi) is 5.30. The van der Waals surface area contributed by atoms with Gasteiger partial charge in [0.25, 0.3) is 5.88 Å². The second-order valence-corrected chi connectivity index (χ2v) is 6.68. The van der Waals surface area contributed by atoms with Gasteiger partial charge >= 0.3 is 0 Å². The Hall–Kier alpha value is -2.92. The zero-order valence-corrected chi connectivity index (χ0v) is 15.4. The number of rotatable bonds is 6. The van der Waals surface area contributed by atoms with Crippen LogP contribution in [0.15, 0.2) is 73.1 Å². The van der Waals surface area contributed by atoms with Gasteiger partial charge in [-0.15, -0.1) is 0 Å². The third kappa shape index (κ3) is 4.09. The number of pyridine rings is 2. The Bertz CT molecular complexity index is 858. The van der Waals surface area contributed by atoms with Gasteiger partial charge in [-0.3, -0.25) is 9.88 Å². The Morgan fingerprint density at radius 3 is 2.63 bits per heavy atom. The quantitative estimate of drug-likeness (QED) is 0.672. The summed E-state index contributed by atoms with van der Waals surface area (Å²) >= 11 is 0. The molecule has 0 saturated carbocycles. The molecule has 0 amide bonds. The number of nitrogens with zero attached hydrogens (tertiary/aromatic N) is 3. The van der Waals surface area contributed by atoms with Crippen LogP contribution in [0, 0.1) is 0 Å². The molecule has 138 valence electrons. The monoisotopic (exact) mass is 361 g/mol. The molecule has 4 rings (SSSR count). The average molecular weight is 361 g/mol. The Labute approximate surface area is 159 Å². The van der Waals surface area contributed by atoms with Crippen molar-refractivity contribution >= 4 is 0 Å². The van der Waals surface area contributed by atoms with Crippen LogP contribution >= 0.6 is 0 Å². The van der Waals surface area contributed by atoms with E-state index in [1.54, 1.807) is 6.20 Å². The molecule has 0 spiro atoms. The molecule has 0 radical (unpaired) electrons. The Balaban J connectivity index is 1.54. The molecule has 5 nitrogen and oxygen atoms in total. The molecule has 3 aromatic rings. The lowest BCUT2D eigenvalue weighted by atomic mass is 9.99. The molecule has 0 fully saturated rings. The van der Waals surface area contributed by atoms with E-state index in [-0.39, 0.29) is 12.1 Å². The van der Waals surface area contributed by atoms with Gasteiger partial charge in [-0.2, -0.15) is 0 Å². The smallest absolute Gasteiger partial charge is 0.257 e. The molecule has 2 atom stereocenters. The van der Waals surface area contributed by atoms with E-state index in [1.807, 2.05) is 36.5 Å². The number of hydrogen-bond donors (Lipinski definition) is 0. The van der Waals surface area contributed by atoms with Crippen LogP contribution in [0.1, 0.15) is 17.3 Å². The average Bonchev–Trinajstić information content (AvgIpc) is 2.74. The van der Waals surface area contributed by atoms with Crippen molar-refractivity contribution in [2.24, 2.45) is 0 Å². The zero-order valence-electron chi connectivity index (χ0n) is 15.4. The van der Waals surface area contributed by atoms with E-state index < -0.39 is 0 Å². The first kappa shape index (κ1) is 17.5. The standard InChI is InChI=1S/C22H23N3O2/c1-25(15-12-18-10-5-6-13-23-18)21(17-8-3-2-4-9-17)20-16-26-19-11-7-14-24-22(19)27-20/h2-11,13-14,20-21H,12,15-16H2,1H3/t20-,21?/m1/s1. The van der Waals surface area contributed by atoms with Crippen LogP contribution in [-0.2, 0) is 6.42 Å². The van der Waals surface area contributed by atoms with Crippen LogP contribution < -0.4 is 9.47 Å². The summed E-state index contributed by atoms with van der Waals surface area (Å²) in [7, 11) is 2.12. The first-order valence-electron chi connectivity index (χ1n) is 9.21. The predicted octanol–water partition coefficient (Wildman–Crippen LogP) is 3.53. The number of fused-ring (bicyclic) bond motifs is 1. The molecule has 1 unspecified atom stereocenters. The molecule has 1 aromatic carbocycles. The molecule has 3 heterocycles. The highest BCUT2D eigenvalue weighted by Gasteiger charge is 2.33. The van der Waals surface area contributed by atoms with E-state index in [9.17, 15) is 0 Å². The van der Waals surface area contributed by atoms with Crippen molar-refractivity contribution in [3.63, 3.8) is 0 Å². The molecule has 2 aromatic heterocycles. The number of likely N-dealkylation sites (N-methyl/N-ethyl adjacent to an activating group) is 1. The Morgan fingerprint density at radius 1 is 1.00 bits per heavy atom. The minimum atomic E-state index is -0.136. The van der Waals surface area contributed by atoms with Crippen LogP contribution in [0.3, 0.4) is 0 Å². The lowest BCUT2D eigenvalue weighted by molar-refractivity contribution is 0.0177. The van der Waals surface area contributed by atoms with Gasteiger partial charge in [0.15, 0.2) is 11.9 Å². The molecule has 0 N–H and O–H groups in total. The summed E-state index contributed by atoms with van der Waals surface area (Å²) in [4.78, 5) is 11.1. The summed E-state index contributed by atoms with van der Waals surface area (Å²) in [5, 5.41) is 0. The topological polar surface area (TPSA) is 47.5 Å². The number of aromatic nitrogens is 2. The van der Waals surface area contributed by atoms with Crippen LogP contribution in [0.4, 0.5) is 0 Å². The fourth-order valence-corrected chi connectivity index (χ4v) is 3.46. The molecular formula is C22H23N3O2. The fourth-order valence-electron chi connectivity index (χ4n) is 3.46. The van der Waals surface area contributed by atoms with Gasteiger partial charge in [-0.1, -0.05) is 36.4 Å². The van der Waals surface area contributed by atoms with Gasteiger partial charge < -0.3 is 9.47 Å². The summed E-state index contributed by atoms with van der Waals surface area (Å²) < 4.78 is 12.2. The molecule has 0 bridgehead atoms. The normalized spacial score (nSPS) is 16.9. The molecule has 5 heteroatoms. The van der Waals surface area contributed by atoms with Crippen LogP contribution in [0.5, 0.6) is 11.6 Å². The van der Waals surface area contributed by atoms with E-state index in [2.05, 4.69) is 52.2 Å². The molecular weight excluding hydrogens is 338 g/mol. The lowest BCUT2D eigenvalue weighted by Crippen LogP contribution is -2.43. The van der Waals surface area contributed by atoms with Gasteiger partial charge in [0.2, 0.25) is 0 Å². The van der Waals surface area contributed by atoms with Crippen molar-refractivity contribution in [3.8, 4) is 11.6 Å². The largest absolute Gasteiger partial charge is 0.484 e. The maximum Gasteiger partial charge on any atom is 0.257 e. The summed E-state index contributed by atoms with van der Waals surface area (Å²) in [5.74, 6) is 1.27. The summed E-state index contributed by atoms with van der Waals surface area (Å²) in [6.45, 7) is 1.36. The van der Waals surface area contributed by atoms with Crippen LogP contribution in [0.2, 0.25) is 0 Å². The molecule has 0 aliphatic carbocycles. The van der Waals surface area contributed by atoms with E-state index >= 15 is 0 Å². The zero-order chi connectivity index (χ0) is 18.5. The van der Waals surface area contributed by atoms with Gasteiger partial charge in [-0.25, -0.2) is 4.98 Å². The number of benzene rings is 1. The van der Waals surface area contributed by atoms with Crippen LogP contribution in [0.25, 0.3) is 0 Å². The van der Waals surface area contributed by atoms with Gasteiger partial charge in [0.05, 0.1) is 6.04 Å². The third-order valence-corrected chi connectivity index (χ3v) is 4.82. The van der Waals surface area contributed by atoms with Crippen LogP contribution in [-0.4, -0.2) is 41.2 Å². The number of ether oxygens (including phenoxy) is 2. The SMILES string of the molecule is CN(CCc1ccccn1)C(c1ccccc1)[C@H]1COc2cccnc2O1. The predicted molar refractivity (Wildman–Crippen MR) is 104 cm³/mol. The maximum atomic E-state index is 6.23. The van der Waals surface area contributed by atoms with E-state index in [0.717, 1.165) is 18.7 Å². The van der Waals surface area contributed by atoms with Gasteiger partial charge in [0, 0.05) is 31.1 Å². The summed E-state index contributed by atoms with van der Waals surface area (Å²) in [6.07, 6.45) is 4.31. The first-order valence-corrected chi connectivity index (χ1v) is 9.21. The van der Waals surface area contributed by atoms with Crippen molar-refractivity contribution in [3.05, 3.63) is 84.3 Å². The molecule has 1 aliphatic heterocycles. The lowest BCUT2D eigenvalue weighted by Gasteiger charge is -2.37. The van der Waals surface area contributed by atoms with Crippen molar-refractivity contribution in [1.29, 1.82) is 0 Å². The highest BCUT2D eigenvalue weighted by molar-refractivity contribution is 5.35. The minimum absolute atomic E-state index is 0.0602. The maximum absolute atomic E-state index is 6.23. The third-order valence-electron chi connectivity index (χ3n) is 4.82. The first-order chi connectivity index (χ1) is 13.3. The van der Waals surface area contributed by atoms with E-state index in [4.69, 9.17) is 9.47 Å². The highest BCUT2D eigenvalue weighted by Crippen LogP contribution is 2.34. The van der Waals surface area contributed by atoms with Gasteiger partial charge in [0.1, 0.15) is 6.61 Å². The van der Waals surface area contributed by atoms with Gasteiger partial charge in [-0.05, 0) is 36.9 Å². The molecule has 27 heavy (non-hydrogen) atoms. The van der Waals surface area contributed by atoms with Crippen molar-refractivity contribution in [1.82, 2.24) is 14.9 Å². The Morgan fingerprint density at radius 2 is 1.81 bits per heavy atom. The summed E-state index contributed by atoms with van der Waals surface area (Å²) in [5.41, 5.74) is 2.29. The fraction of sp³-hybridized carbons (Fsp3) is 0.273. The molecule has 1 aliphatic rings. The van der Waals surface area contributed by atoms with E-state index in [0.29, 0.717) is 18.2 Å². The highest BCUT2D eigenvalue weighted by atomic mass is 16.6. The molecule has 0 saturated heterocycles. The minimum Gasteiger partial charge on any atom is -0.484 e. The van der Waals surface area contributed by atoms with Crippen molar-refractivity contribution in [2.75, 3.05) is 20.2 Å². The van der Waals surface area contributed by atoms with E-state index in [1.165, 1.54) is 5.56 Å². The second kappa shape index (κ2) is 8.18. The number of hydrogen-bond acceptors (Lipinski definition) is 5. The summed E-state index contributed by atoms with van der Waals surface area (Å²) in [6, 6.07) is 20.3.